The van der Waals surface area contributed by atoms with Gasteiger partial charge in [-0.25, -0.2) is 9.37 Å². The second-order valence-corrected chi connectivity index (χ2v) is 5.42. The van der Waals surface area contributed by atoms with Gasteiger partial charge >= 0.3 is 0 Å². The van der Waals surface area contributed by atoms with Gasteiger partial charge in [0, 0.05) is 24.8 Å². The van der Waals surface area contributed by atoms with Crippen LogP contribution < -0.4 is 4.90 Å². The van der Waals surface area contributed by atoms with Crippen molar-refractivity contribution in [3.05, 3.63) is 60.4 Å². The van der Waals surface area contributed by atoms with Crippen molar-refractivity contribution in [1.82, 2.24) is 9.55 Å². The summed E-state index contributed by atoms with van der Waals surface area (Å²) in [4.78, 5) is 18.7. The Balaban J connectivity index is 1.75. The van der Waals surface area contributed by atoms with Crippen LogP contribution in [0.15, 0.2) is 53.5 Å². The quantitative estimate of drug-likeness (QED) is 0.729. The molecule has 0 unspecified atom stereocenters. The van der Waals surface area contributed by atoms with Crippen LogP contribution in [0, 0.1) is 5.82 Å². The van der Waals surface area contributed by atoms with E-state index in [1.54, 1.807) is 35.4 Å². The molecule has 0 N–H and O–H groups in total. The Hall–Kier alpha value is -2.89. The normalized spacial score (nSPS) is 13.9. The topological polar surface area (TPSA) is 51.3 Å². The molecule has 4 rings (SSSR count). The number of fused-ring (bicyclic) bond motifs is 1. The maximum absolute atomic E-state index is 14.0. The molecular weight excluding hydrogens is 297 g/mol. The standard InChI is InChI=1S/C17H14FN3O2/c18-14-5-2-1-4-13(14)15-10-20-7-3-8-21(17(20)19-15)16(22)12-6-9-23-11-12/h1-2,4-6,9-11H,3,7-8H2. The first-order valence-corrected chi connectivity index (χ1v) is 7.40. The number of hydrogen-bond donors (Lipinski definition) is 0. The number of rotatable bonds is 2. The molecule has 2 aromatic heterocycles. The molecule has 0 bridgehead atoms. The lowest BCUT2D eigenvalue weighted by Gasteiger charge is -2.26. The third-order valence-corrected chi connectivity index (χ3v) is 3.94. The highest BCUT2D eigenvalue weighted by Crippen LogP contribution is 2.28. The molecule has 1 aliphatic heterocycles. The van der Waals surface area contributed by atoms with Gasteiger partial charge in [0.1, 0.15) is 12.1 Å². The molecule has 0 saturated carbocycles. The van der Waals surface area contributed by atoms with Crippen molar-refractivity contribution in [2.45, 2.75) is 13.0 Å². The summed E-state index contributed by atoms with van der Waals surface area (Å²) in [6.07, 6.45) is 5.50. The summed E-state index contributed by atoms with van der Waals surface area (Å²) in [5, 5.41) is 0. The van der Waals surface area contributed by atoms with Crippen LogP contribution in [0.4, 0.5) is 10.3 Å². The van der Waals surface area contributed by atoms with Crippen LogP contribution in [0.5, 0.6) is 0 Å². The van der Waals surface area contributed by atoms with Gasteiger partial charge in [0.05, 0.1) is 17.5 Å². The van der Waals surface area contributed by atoms with Gasteiger partial charge in [-0.2, -0.15) is 0 Å². The predicted octanol–water partition coefficient (Wildman–Crippen LogP) is 3.33. The first kappa shape index (κ1) is 13.8. The van der Waals surface area contributed by atoms with E-state index in [1.807, 2.05) is 4.57 Å². The summed E-state index contributed by atoms with van der Waals surface area (Å²) >= 11 is 0. The number of furan rings is 1. The van der Waals surface area contributed by atoms with Gasteiger partial charge in [0.25, 0.3) is 5.91 Å². The molecule has 0 atom stereocenters. The lowest BCUT2D eigenvalue weighted by molar-refractivity contribution is 0.0980. The smallest absolute Gasteiger partial charge is 0.263 e. The van der Waals surface area contributed by atoms with Crippen LogP contribution in [-0.2, 0) is 6.54 Å². The summed E-state index contributed by atoms with van der Waals surface area (Å²) in [6.45, 7) is 1.34. The number of anilines is 1. The number of hydrogen-bond acceptors (Lipinski definition) is 3. The zero-order valence-corrected chi connectivity index (χ0v) is 12.3. The van der Waals surface area contributed by atoms with E-state index in [0.717, 1.165) is 13.0 Å². The molecule has 1 amide bonds. The second-order valence-electron chi connectivity index (χ2n) is 5.42. The number of aryl methyl sites for hydroxylation is 1. The molecule has 0 aliphatic carbocycles. The third-order valence-electron chi connectivity index (χ3n) is 3.94. The summed E-state index contributed by atoms with van der Waals surface area (Å²) < 4.78 is 20.8. The van der Waals surface area contributed by atoms with E-state index in [1.165, 1.54) is 18.6 Å². The van der Waals surface area contributed by atoms with Gasteiger partial charge in [-0.1, -0.05) is 12.1 Å². The number of nitrogens with zero attached hydrogens (tertiary/aromatic N) is 3. The minimum Gasteiger partial charge on any atom is -0.472 e. The molecule has 3 aromatic rings. The first-order valence-electron chi connectivity index (χ1n) is 7.40. The molecule has 6 heteroatoms. The highest BCUT2D eigenvalue weighted by atomic mass is 19.1. The van der Waals surface area contributed by atoms with Gasteiger partial charge < -0.3 is 8.98 Å². The Labute approximate surface area is 132 Å². The van der Waals surface area contributed by atoms with E-state index < -0.39 is 0 Å². The molecular formula is C17H14FN3O2. The number of imidazole rings is 1. The highest BCUT2D eigenvalue weighted by molar-refractivity contribution is 6.05. The number of carbonyl (C=O) groups is 1. The van der Waals surface area contributed by atoms with E-state index in [4.69, 9.17) is 4.42 Å². The maximum atomic E-state index is 14.0. The van der Waals surface area contributed by atoms with Gasteiger partial charge in [-0.3, -0.25) is 9.69 Å². The van der Waals surface area contributed by atoms with Crippen molar-refractivity contribution in [3.8, 4) is 11.3 Å². The SMILES string of the molecule is O=C(c1ccoc1)N1CCCn2cc(-c3ccccc3F)nc21. The van der Waals surface area contributed by atoms with Crippen LogP contribution in [0.1, 0.15) is 16.8 Å². The Morgan fingerprint density at radius 2 is 2.09 bits per heavy atom. The van der Waals surface area contributed by atoms with Crippen molar-refractivity contribution in [2.75, 3.05) is 11.4 Å². The van der Waals surface area contributed by atoms with Gasteiger partial charge in [-0.05, 0) is 24.6 Å². The number of halogens is 1. The van der Waals surface area contributed by atoms with Crippen LogP contribution in [-0.4, -0.2) is 22.0 Å². The van der Waals surface area contributed by atoms with Gasteiger partial charge in [0.15, 0.2) is 0 Å². The fraction of sp³-hybridized carbons (Fsp3) is 0.176. The number of aromatic nitrogens is 2. The molecule has 1 aromatic carbocycles. The Kier molecular flexibility index (Phi) is 3.22. The Bertz CT molecular complexity index is 855. The zero-order valence-electron chi connectivity index (χ0n) is 12.3. The monoisotopic (exact) mass is 311 g/mol. The summed E-state index contributed by atoms with van der Waals surface area (Å²) in [6, 6.07) is 8.13. The Morgan fingerprint density at radius 3 is 2.87 bits per heavy atom. The van der Waals surface area contributed by atoms with Gasteiger partial charge in [-0.15, -0.1) is 0 Å². The molecule has 3 heterocycles. The largest absolute Gasteiger partial charge is 0.472 e. The van der Waals surface area contributed by atoms with Crippen molar-refractivity contribution < 1.29 is 13.6 Å². The minimum atomic E-state index is -0.323. The van der Waals surface area contributed by atoms with Crippen molar-refractivity contribution in [1.29, 1.82) is 0 Å². The van der Waals surface area contributed by atoms with E-state index in [0.29, 0.717) is 29.3 Å². The maximum Gasteiger partial charge on any atom is 0.263 e. The van der Waals surface area contributed by atoms with E-state index in [-0.39, 0.29) is 11.7 Å². The first-order chi connectivity index (χ1) is 11.2. The fourth-order valence-electron chi connectivity index (χ4n) is 2.82. The molecule has 0 saturated heterocycles. The molecule has 0 radical (unpaired) electrons. The fourth-order valence-corrected chi connectivity index (χ4v) is 2.82. The molecule has 23 heavy (non-hydrogen) atoms. The molecule has 116 valence electrons. The van der Waals surface area contributed by atoms with E-state index in [2.05, 4.69) is 4.98 Å². The average molecular weight is 311 g/mol. The number of amides is 1. The predicted molar refractivity (Wildman–Crippen MR) is 82.6 cm³/mol. The summed E-state index contributed by atoms with van der Waals surface area (Å²) in [5.41, 5.74) is 1.45. The molecule has 1 aliphatic rings. The summed E-state index contributed by atoms with van der Waals surface area (Å²) in [5.74, 6) is 0.0572. The van der Waals surface area contributed by atoms with E-state index >= 15 is 0 Å². The van der Waals surface area contributed by atoms with E-state index in [9.17, 15) is 9.18 Å². The lowest BCUT2D eigenvalue weighted by atomic mass is 10.1. The minimum absolute atomic E-state index is 0.162. The summed E-state index contributed by atoms with van der Waals surface area (Å²) in [7, 11) is 0. The van der Waals surface area contributed by atoms with Crippen molar-refractivity contribution in [3.63, 3.8) is 0 Å². The molecule has 0 spiro atoms. The zero-order chi connectivity index (χ0) is 15.8. The third kappa shape index (κ3) is 2.32. The highest BCUT2D eigenvalue weighted by Gasteiger charge is 2.27. The Morgan fingerprint density at radius 1 is 1.22 bits per heavy atom. The van der Waals surface area contributed by atoms with Crippen LogP contribution in [0.25, 0.3) is 11.3 Å². The second kappa shape index (κ2) is 5.39. The average Bonchev–Trinajstić information content (AvgIpc) is 3.23. The van der Waals surface area contributed by atoms with Gasteiger partial charge in [0.2, 0.25) is 5.95 Å². The molecule has 0 fully saturated rings. The van der Waals surface area contributed by atoms with Crippen LogP contribution >= 0.6 is 0 Å². The van der Waals surface area contributed by atoms with Crippen molar-refractivity contribution in [2.24, 2.45) is 0 Å². The van der Waals surface area contributed by atoms with Crippen molar-refractivity contribution >= 4 is 11.9 Å². The number of carbonyl (C=O) groups excluding carboxylic acids is 1. The van der Waals surface area contributed by atoms with Crippen LogP contribution in [0.3, 0.4) is 0 Å². The molecule has 5 nitrogen and oxygen atoms in total. The van der Waals surface area contributed by atoms with Crippen LogP contribution in [0.2, 0.25) is 0 Å². The lowest BCUT2D eigenvalue weighted by Crippen LogP contribution is -2.37. The number of benzene rings is 1.